The lowest BCUT2D eigenvalue weighted by Crippen LogP contribution is -2.43. The molecular formula is C13H21BrN4O2. The topological polar surface area (TPSA) is 60.2 Å². The lowest BCUT2D eigenvalue weighted by molar-refractivity contribution is 0.0165. The normalized spacial score (nSPS) is 20.1. The first kappa shape index (κ1) is 15.3. The van der Waals surface area contributed by atoms with Crippen LogP contribution in [0.5, 0.6) is 0 Å². The Balaban J connectivity index is 2.05. The average molecular weight is 345 g/mol. The summed E-state index contributed by atoms with van der Waals surface area (Å²) in [6.45, 7) is 8.96. The van der Waals surface area contributed by atoms with Gasteiger partial charge in [-0.1, -0.05) is 5.21 Å². The fourth-order valence-corrected chi connectivity index (χ4v) is 2.57. The first-order valence-corrected chi connectivity index (χ1v) is 7.62. The first-order chi connectivity index (χ1) is 9.28. The molecule has 0 N–H and O–H groups in total. The summed E-state index contributed by atoms with van der Waals surface area (Å²) in [4.78, 5) is 13.9. The smallest absolute Gasteiger partial charge is 0.410 e. The minimum atomic E-state index is -0.462. The summed E-state index contributed by atoms with van der Waals surface area (Å²) in [5.41, 5.74) is 0.525. The molecule has 0 unspecified atom stereocenters. The van der Waals surface area contributed by atoms with E-state index in [1.54, 1.807) is 4.90 Å². The van der Waals surface area contributed by atoms with Crippen LogP contribution in [0.1, 0.15) is 45.3 Å². The zero-order valence-electron chi connectivity index (χ0n) is 12.4. The first-order valence-electron chi connectivity index (χ1n) is 6.83. The van der Waals surface area contributed by atoms with Crippen LogP contribution in [0.25, 0.3) is 0 Å². The standard InChI is InChI=1S/C13H21BrN4O2/c1-9-11(14)15-16-18(9)10-6-5-7-17(8-10)12(19)20-13(2,3)4/h10H,5-8H2,1-4H3/t10-/m0/s1. The van der Waals surface area contributed by atoms with Crippen molar-refractivity contribution >= 4 is 22.0 Å². The summed E-state index contributed by atoms with van der Waals surface area (Å²) >= 11 is 3.37. The monoisotopic (exact) mass is 344 g/mol. The quantitative estimate of drug-likeness (QED) is 0.785. The van der Waals surface area contributed by atoms with Gasteiger partial charge < -0.3 is 9.64 Å². The van der Waals surface area contributed by atoms with Crippen LogP contribution in [-0.2, 0) is 4.74 Å². The van der Waals surface area contributed by atoms with Crippen molar-refractivity contribution in [2.24, 2.45) is 0 Å². The summed E-state index contributed by atoms with van der Waals surface area (Å²) in [5, 5.41) is 8.16. The van der Waals surface area contributed by atoms with Crippen LogP contribution in [-0.4, -0.2) is 44.7 Å². The van der Waals surface area contributed by atoms with E-state index in [4.69, 9.17) is 4.74 Å². The minimum absolute atomic E-state index is 0.162. The molecule has 0 radical (unpaired) electrons. The van der Waals surface area contributed by atoms with E-state index in [2.05, 4.69) is 26.2 Å². The maximum Gasteiger partial charge on any atom is 0.410 e. The number of aromatic nitrogens is 3. The molecule has 6 nitrogen and oxygen atoms in total. The number of piperidine rings is 1. The number of halogens is 1. The zero-order valence-corrected chi connectivity index (χ0v) is 14.0. The number of rotatable bonds is 1. The largest absolute Gasteiger partial charge is 0.444 e. The highest BCUT2D eigenvalue weighted by Gasteiger charge is 2.29. The van der Waals surface area contributed by atoms with Crippen LogP contribution in [0.4, 0.5) is 4.79 Å². The maximum atomic E-state index is 12.1. The molecule has 1 aromatic rings. The van der Waals surface area contributed by atoms with Gasteiger partial charge in [0.15, 0.2) is 4.60 Å². The fourth-order valence-electron chi connectivity index (χ4n) is 2.31. The highest BCUT2D eigenvalue weighted by atomic mass is 79.9. The van der Waals surface area contributed by atoms with E-state index in [9.17, 15) is 4.79 Å². The Morgan fingerprint density at radius 3 is 2.70 bits per heavy atom. The Hall–Kier alpha value is -1.11. The van der Waals surface area contributed by atoms with Gasteiger partial charge in [-0.05, 0) is 56.5 Å². The number of carbonyl (C=O) groups excluding carboxylic acids is 1. The number of ether oxygens (including phenoxy) is 1. The Labute approximate surface area is 127 Å². The molecule has 0 saturated carbocycles. The molecule has 0 aliphatic carbocycles. The average Bonchev–Trinajstić information content (AvgIpc) is 2.68. The van der Waals surface area contributed by atoms with E-state index in [-0.39, 0.29) is 12.1 Å². The lowest BCUT2D eigenvalue weighted by Gasteiger charge is -2.34. The van der Waals surface area contributed by atoms with Gasteiger partial charge in [0, 0.05) is 13.1 Å². The maximum absolute atomic E-state index is 12.1. The van der Waals surface area contributed by atoms with Crippen molar-refractivity contribution in [3.05, 3.63) is 10.3 Å². The van der Waals surface area contributed by atoms with Gasteiger partial charge in [-0.2, -0.15) is 0 Å². The van der Waals surface area contributed by atoms with E-state index in [1.807, 2.05) is 32.4 Å². The summed E-state index contributed by atoms with van der Waals surface area (Å²) < 4.78 is 8.08. The van der Waals surface area contributed by atoms with Crippen molar-refractivity contribution < 1.29 is 9.53 Å². The molecule has 2 rings (SSSR count). The molecule has 0 spiro atoms. The Kier molecular flexibility index (Phi) is 4.36. The molecule has 0 bridgehead atoms. The van der Waals surface area contributed by atoms with Crippen LogP contribution in [0, 0.1) is 6.92 Å². The molecule has 2 heterocycles. The van der Waals surface area contributed by atoms with Gasteiger partial charge in [0.05, 0.1) is 11.7 Å². The zero-order chi connectivity index (χ0) is 14.9. The third-order valence-corrected chi connectivity index (χ3v) is 4.00. The highest BCUT2D eigenvalue weighted by Crippen LogP contribution is 2.25. The Morgan fingerprint density at radius 1 is 1.45 bits per heavy atom. The lowest BCUT2D eigenvalue weighted by atomic mass is 10.1. The molecule has 7 heteroatoms. The van der Waals surface area contributed by atoms with Crippen molar-refractivity contribution in [2.45, 2.75) is 52.2 Å². The van der Waals surface area contributed by atoms with Gasteiger partial charge >= 0.3 is 6.09 Å². The van der Waals surface area contributed by atoms with Gasteiger partial charge in [-0.15, -0.1) is 5.10 Å². The molecule has 1 aliphatic heterocycles. The molecule has 1 atom stereocenters. The second-order valence-corrected chi connectivity index (χ2v) is 6.88. The summed E-state index contributed by atoms with van der Waals surface area (Å²) in [6, 6.07) is 0.162. The van der Waals surface area contributed by atoms with Crippen LogP contribution in [0.15, 0.2) is 4.60 Å². The van der Waals surface area contributed by atoms with Gasteiger partial charge in [0.2, 0.25) is 0 Å². The number of amides is 1. The van der Waals surface area contributed by atoms with Gasteiger partial charge in [-0.3, -0.25) is 0 Å². The molecule has 1 aliphatic rings. The van der Waals surface area contributed by atoms with Crippen molar-refractivity contribution in [1.82, 2.24) is 19.9 Å². The van der Waals surface area contributed by atoms with Crippen molar-refractivity contribution in [3.63, 3.8) is 0 Å². The van der Waals surface area contributed by atoms with E-state index >= 15 is 0 Å². The van der Waals surface area contributed by atoms with E-state index in [0.29, 0.717) is 6.54 Å². The van der Waals surface area contributed by atoms with Crippen LogP contribution < -0.4 is 0 Å². The van der Waals surface area contributed by atoms with Gasteiger partial charge in [0.1, 0.15) is 5.60 Å². The van der Waals surface area contributed by atoms with Crippen molar-refractivity contribution in [3.8, 4) is 0 Å². The molecule has 20 heavy (non-hydrogen) atoms. The molecular weight excluding hydrogens is 324 g/mol. The second kappa shape index (κ2) is 5.71. The van der Waals surface area contributed by atoms with Gasteiger partial charge in [-0.25, -0.2) is 9.48 Å². The van der Waals surface area contributed by atoms with Crippen LogP contribution >= 0.6 is 15.9 Å². The number of likely N-dealkylation sites (tertiary alicyclic amines) is 1. The molecule has 1 aromatic heterocycles. The Bertz CT molecular complexity index is 495. The van der Waals surface area contributed by atoms with Gasteiger partial charge in [0.25, 0.3) is 0 Å². The van der Waals surface area contributed by atoms with E-state index in [0.717, 1.165) is 29.7 Å². The van der Waals surface area contributed by atoms with Crippen LogP contribution in [0.3, 0.4) is 0 Å². The molecule has 0 aromatic carbocycles. The van der Waals surface area contributed by atoms with E-state index < -0.39 is 5.60 Å². The summed E-state index contributed by atoms with van der Waals surface area (Å²) in [5.74, 6) is 0. The second-order valence-electron chi connectivity index (χ2n) is 6.13. The highest BCUT2D eigenvalue weighted by molar-refractivity contribution is 9.10. The minimum Gasteiger partial charge on any atom is -0.444 e. The molecule has 1 amide bonds. The third-order valence-electron chi connectivity index (χ3n) is 3.27. The number of carbonyl (C=O) groups is 1. The fraction of sp³-hybridized carbons (Fsp3) is 0.769. The number of nitrogens with zero attached hydrogens (tertiary/aromatic N) is 4. The predicted molar refractivity (Wildman–Crippen MR) is 78.5 cm³/mol. The van der Waals surface area contributed by atoms with Crippen LogP contribution in [0.2, 0.25) is 0 Å². The number of hydrogen-bond donors (Lipinski definition) is 0. The van der Waals surface area contributed by atoms with E-state index in [1.165, 1.54) is 0 Å². The Morgan fingerprint density at radius 2 is 2.15 bits per heavy atom. The summed E-state index contributed by atoms with van der Waals surface area (Å²) in [7, 11) is 0. The summed E-state index contributed by atoms with van der Waals surface area (Å²) in [6.07, 6.45) is 1.69. The van der Waals surface area contributed by atoms with Crippen molar-refractivity contribution in [1.29, 1.82) is 0 Å². The SMILES string of the molecule is Cc1c(Br)nnn1[C@H]1CCCN(C(=O)OC(C)(C)C)C1. The predicted octanol–water partition coefficient (Wildman–Crippen LogP) is 2.92. The third kappa shape index (κ3) is 3.50. The molecule has 1 saturated heterocycles. The van der Waals surface area contributed by atoms with Crippen molar-refractivity contribution in [2.75, 3.05) is 13.1 Å². The number of hydrogen-bond acceptors (Lipinski definition) is 4. The molecule has 1 fully saturated rings. The molecule has 112 valence electrons.